The van der Waals surface area contributed by atoms with Gasteiger partial charge in [-0.05, 0) is 40.9 Å². The van der Waals surface area contributed by atoms with Crippen molar-refractivity contribution in [2.24, 2.45) is 0 Å². The summed E-state index contributed by atoms with van der Waals surface area (Å²) in [4.78, 5) is 0. The van der Waals surface area contributed by atoms with Gasteiger partial charge in [0.2, 0.25) is 0 Å². The zero-order valence-corrected chi connectivity index (χ0v) is 20.8. The summed E-state index contributed by atoms with van der Waals surface area (Å²) in [5, 5.41) is 8.76. The first kappa shape index (κ1) is 29.5. The molecule has 0 radical (unpaired) electrons. The van der Waals surface area contributed by atoms with E-state index in [1.54, 1.807) is 6.07 Å². The minimum absolute atomic E-state index is 0.246. The van der Waals surface area contributed by atoms with E-state index in [0.29, 0.717) is 22.4 Å². The summed E-state index contributed by atoms with van der Waals surface area (Å²) in [7, 11) is -2.19. The quantitative estimate of drug-likeness (QED) is 0.299. The first-order valence-corrected chi connectivity index (χ1v) is 12.7. The molecule has 2 aromatic rings. The van der Waals surface area contributed by atoms with Gasteiger partial charge in [-0.15, -0.1) is 26.3 Å². The smallest absolute Gasteiger partial charge is 0.543 e. The average Bonchev–Trinajstić information content (AvgIpc) is 2.63. The van der Waals surface area contributed by atoms with Crippen LogP contribution in [-0.4, -0.2) is 26.1 Å². The summed E-state index contributed by atoms with van der Waals surface area (Å²) in [5.41, 5.74) is 1.04. The molecular weight excluding hydrogens is 482 g/mol. The molecule has 0 aliphatic heterocycles. The molecule has 0 amide bonds. The molecule has 2 rings (SSSR count). The Kier molecular flexibility index (Phi) is 10.2. The molecule has 0 aliphatic rings. The van der Waals surface area contributed by atoms with Crippen LogP contribution in [-0.2, 0) is 0 Å². The van der Waals surface area contributed by atoms with Crippen molar-refractivity contribution in [1.29, 1.82) is 0 Å². The third-order valence-corrected chi connectivity index (χ3v) is 11.1. The van der Waals surface area contributed by atoms with Crippen LogP contribution in [0.5, 0.6) is 23.0 Å². The van der Waals surface area contributed by atoms with Gasteiger partial charge in [0.15, 0.2) is 0 Å². The Labute approximate surface area is 196 Å². The van der Waals surface area contributed by atoms with Crippen molar-refractivity contribution >= 4 is 8.32 Å². The van der Waals surface area contributed by atoms with Crippen molar-refractivity contribution < 1.29 is 45.3 Å². The lowest BCUT2D eigenvalue weighted by atomic mass is 10.3. The maximum Gasteiger partial charge on any atom is 0.573 e. The Bertz CT molecular complexity index is 876. The second kappa shape index (κ2) is 11.7. The van der Waals surface area contributed by atoms with Crippen molar-refractivity contribution in [1.82, 2.24) is 0 Å². The largest absolute Gasteiger partial charge is 0.573 e. The summed E-state index contributed by atoms with van der Waals surface area (Å²) in [6.45, 7) is 12.8. The van der Waals surface area contributed by atoms with Crippen molar-refractivity contribution in [2.45, 2.75) is 70.9 Å². The van der Waals surface area contributed by atoms with Crippen LogP contribution in [0.3, 0.4) is 0 Å². The van der Waals surface area contributed by atoms with Gasteiger partial charge in [-0.1, -0.05) is 53.7 Å². The number of aromatic hydroxyl groups is 1. The van der Waals surface area contributed by atoms with Crippen LogP contribution in [0, 0.1) is 0 Å². The standard InChI is InChI=1S/C16H25F3O2Si.C7H5F3O2/c1-11(2)22(12(3)4,13(5)6)21-15-9-7-8-14(10-15)20-16(17,18)19;8-7(9,10)12-6-3-1-2-5(11)4-6/h7-13H,1-6H3;1-4,11H. The fraction of sp³-hybridized carbons (Fsp3) is 0.478. The van der Waals surface area contributed by atoms with Crippen molar-refractivity contribution in [3.63, 3.8) is 0 Å². The molecule has 0 saturated heterocycles. The first-order valence-electron chi connectivity index (χ1n) is 10.6. The normalized spacial score (nSPS) is 12.4. The van der Waals surface area contributed by atoms with Crippen LogP contribution >= 0.6 is 0 Å². The Balaban J connectivity index is 0.000000404. The maximum atomic E-state index is 12.3. The minimum Gasteiger partial charge on any atom is -0.543 e. The Morgan fingerprint density at radius 1 is 0.647 bits per heavy atom. The van der Waals surface area contributed by atoms with Gasteiger partial charge in [0.25, 0.3) is 8.32 Å². The van der Waals surface area contributed by atoms with Crippen LogP contribution < -0.4 is 13.9 Å². The topological polar surface area (TPSA) is 47.9 Å². The molecule has 0 bridgehead atoms. The molecule has 4 nitrogen and oxygen atoms in total. The second-order valence-electron chi connectivity index (χ2n) is 8.49. The number of halogens is 6. The fourth-order valence-corrected chi connectivity index (χ4v) is 9.22. The van der Waals surface area contributed by atoms with Gasteiger partial charge < -0.3 is 19.0 Å². The Morgan fingerprint density at radius 3 is 1.41 bits per heavy atom. The molecular formula is C23H30F6O4Si. The van der Waals surface area contributed by atoms with Crippen LogP contribution in [0.4, 0.5) is 26.3 Å². The molecule has 1 N–H and O–H groups in total. The molecule has 2 aromatic carbocycles. The van der Waals surface area contributed by atoms with E-state index in [1.807, 2.05) is 0 Å². The lowest BCUT2D eigenvalue weighted by molar-refractivity contribution is -0.275. The summed E-state index contributed by atoms with van der Waals surface area (Å²) in [5.74, 6) is -0.493. The van der Waals surface area contributed by atoms with E-state index in [1.165, 1.54) is 30.3 Å². The number of rotatable bonds is 7. The van der Waals surface area contributed by atoms with Crippen molar-refractivity contribution in [3.05, 3.63) is 48.5 Å². The van der Waals surface area contributed by atoms with E-state index in [2.05, 4.69) is 51.0 Å². The molecule has 0 atom stereocenters. The monoisotopic (exact) mass is 512 g/mol. The SMILES string of the molecule is CC(C)[Si](Oc1cccc(OC(F)(F)F)c1)(C(C)C)C(C)C.Oc1cccc(OC(F)(F)F)c1. The van der Waals surface area contributed by atoms with Gasteiger partial charge in [-0.25, -0.2) is 0 Å². The van der Waals surface area contributed by atoms with Crippen LogP contribution in [0.2, 0.25) is 16.6 Å². The molecule has 34 heavy (non-hydrogen) atoms. The van der Waals surface area contributed by atoms with Crippen LogP contribution in [0.25, 0.3) is 0 Å². The van der Waals surface area contributed by atoms with E-state index in [-0.39, 0.29) is 11.5 Å². The van der Waals surface area contributed by atoms with Crippen molar-refractivity contribution in [2.75, 3.05) is 0 Å². The minimum atomic E-state index is -4.71. The fourth-order valence-electron chi connectivity index (χ4n) is 3.97. The van der Waals surface area contributed by atoms with Gasteiger partial charge in [0.05, 0.1) is 0 Å². The molecule has 192 valence electrons. The Morgan fingerprint density at radius 2 is 1.03 bits per heavy atom. The van der Waals surface area contributed by atoms with Gasteiger partial charge in [-0.2, -0.15) is 0 Å². The van der Waals surface area contributed by atoms with E-state index >= 15 is 0 Å². The number of phenols is 1. The lowest BCUT2D eigenvalue weighted by Crippen LogP contribution is -2.50. The molecule has 0 saturated carbocycles. The summed E-state index contributed by atoms with van der Waals surface area (Å²) < 4.78 is 85.6. The van der Waals surface area contributed by atoms with E-state index in [9.17, 15) is 26.3 Å². The summed E-state index contributed by atoms with van der Waals surface area (Å²) >= 11 is 0. The van der Waals surface area contributed by atoms with E-state index in [4.69, 9.17) is 9.53 Å². The molecule has 0 aliphatic carbocycles. The highest BCUT2D eigenvalue weighted by atomic mass is 28.4. The highest BCUT2D eigenvalue weighted by Crippen LogP contribution is 2.43. The third-order valence-electron chi connectivity index (χ3n) is 5.09. The maximum absolute atomic E-state index is 12.3. The highest BCUT2D eigenvalue weighted by Gasteiger charge is 2.47. The average molecular weight is 513 g/mol. The van der Waals surface area contributed by atoms with Crippen molar-refractivity contribution in [3.8, 4) is 23.0 Å². The van der Waals surface area contributed by atoms with E-state index < -0.39 is 26.8 Å². The lowest BCUT2D eigenvalue weighted by Gasteiger charge is -2.42. The van der Waals surface area contributed by atoms with E-state index in [0.717, 1.165) is 12.1 Å². The molecule has 0 heterocycles. The zero-order chi connectivity index (χ0) is 26.3. The number of alkyl halides is 6. The molecule has 0 unspecified atom stereocenters. The third kappa shape index (κ3) is 9.36. The molecule has 0 fully saturated rings. The predicted molar refractivity (Wildman–Crippen MR) is 120 cm³/mol. The second-order valence-corrected chi connectivity index (χ2v) is 13.9. The van der Waals surface area contributed by atoms with Gasteiger partial charge in [0, 0.05) is 12.1 Å². The number of phenolic OH excluding ortho intramolecular Hbond substituents is 1. The zero-order valence-electron chi connectivity index (χ0n) is 19.8. The van der Waals surface area contributed by atoms with Crippen LogP contribution in [0.1, 0.15) is 41.5 Å². The van der Waals surface area contributed by atoms with Gasteiger partial charge in [-0.3, -0.25) is 0 Å². The van der Waals surface area contributed by atoms with Crippen LogP contribution in [0.15, 0.2) is 48.5 Å². The van der Waals surface area contributed by atoms with Gasteiger partial charge in [0.1, 0.15) is 23.0 Å². The summed E-state index contributed by atoms with van der Waals surface area (Å²) in [6, 6.07) is 10.3. The summed E-state index contributed by atoms with van der Waals surface area (Å²) in [6.07, 6.45) is -9.41. The molecule has 11 heteroatoms. The molecule has 0 aromatic heterocycles. The number of hydrogen-bond donors (Lipinski definition) is 1. The Hall–Kier alpha value is -2.56. The highest BCUT2D eigenvalue weighted by molar-refractivity contribution is 6.78. The number of hydrogen-bond acceptors (Lipinski definition) is 4. The van der Waals surface area contributed by atoms with Gasteiger partial charge >= 0.3 is 12.7 Å². The molecule has 0 spiro atoms. The number of benzene rings is 2. The first-order chi connectivity index (χ1) is 15.5. The predicted octanol–water partition coefficient (Wildman–Crippen LogP) is 8.43. The number of ether oxygens (including phenoxy) is 2.